The molecule has 1 aromatic rings. The van der Waals surface area contributed by atoms with Gasteiger partial charge in [-0.1, -0.05) is 23.2 Å². The van der Waals surface area contributed by atoms with Gasteiger partial charge in [-0.15, -0.1) is 0 Å². The maximum Gasteiger partial charge on any atom is 0.138 e. The molecule has 0 radical (unpaired) electrons. The zero-order chi connectivity index (χ0) is 15.6. The van der Waals surface area contributed by atoms with Crippen molar-refractivity contribution in [3.63, 3.8) is 0 Å². The van der Waals surface area contributed by atoms with Crippen LogP contribution in [0.1, 0.15) is 19.3 Å². The lowest BCUT2D eigenvalue weighted by atomic mass is 9.79. The lowest BCUT2D eigenvalue weighted by molar-refractivity contribution is -0.155. The highest BCUT2D eigenvalue weighted by molar-refractivity contribution is 6.35. The van der Waals surface area contributed by atoms with Gasteiger partial charge in [0.1, 0.15) is 18.5 Å². The average Bonchev–Trinajstić information content (AvgIpc) is 2.45. The molecular weight excluding hydrogens is 325 g/mol. The summed E-state index contributed by atoms with van der Waals surface area (Å²) in [5.41, 5.74) is 0.0539. The minimum atomic E-state index is -0.554. The fourth-order valence-electron chi connectivity index (χ4n) is 3.08. The molecular formula is C16H21Cl2NO3. The van der Waals surface area contributed by atoms with E-state index in [2.05, 4.69) is 4.90 Å². The Kier molecular flexibility index (Phi) is 5.15. The smallest absolute Gasteiger partial charge is 0.138 e. The van der Waals surface area contributed by atoms with Crippen LogP contribution < -0.4 is 4.74 Å². The molecule has 1 aliphatic heterocycles. The molecule has 1 saturated heterocycles. The third-order valence-corrected chi connectivity index (χ3v) is 4.92. The van der Waals surface area contributed by atoms with Crippen LogP contribution in [0.4, 0.5) is 0 Å². The number of halogens is 2. The summed E-state index contributed by atoms with van der Waals surface area (Å²) in [5, 5.41) is 11.2. The Balaban J connectivity index is 1.46. The van der Waals surface area contributed by atoms with E-state index in [0.29, 0.717) is 22.3 Å². The third-order valence-electron chi connectivity index (χ3n) is 4.39. The zero-order valence-corrected chi connectivity index (χ0v) is 13.9. The van der Waals surface area contributed by atoms with Crippen molar-refractivity contribution < 1.29 is 14.6 Å². The highest BCUT2D eigenvalue weighted by atomic mass is 35.5. The van der Waals surface area contributed by atoms with E-state index in [9.17, 15) is 5.11 Å². The maximum atomic E-state index is 10.2. The van der Waals surface area contributed by atoms with Crippen molar-refractivity contribution in [1.29, 1.82) is 0 Å². The number of morpholine rings is 1. The van der Waals surface area contributed by atoms with E-state index in [1.165, 1.54) is 6.42 Å². The molecule has 1 heterocycles. The van der Waals surface area contributed by atoms with Gasteiger partial charge in [0.2, 0.25) is 0 Å². The van der Waals surface area contributed by atoms with Gasteiger partial charge in [-0.05, 0) is 37.5 Å². The van der Waals surface area contributed by atoms with Crippen molar-refractivity contribution >= 4 is 23.2 Å². The lowest BCUT2D eigenvalue weighted by Crippen LogP contribution is -2.57. The van der Waals surface area contributed by atoms with Crippen LogP contribution in [0, 0.1) is 0 Å². The molecule has 0 aromatic heterocycles. The standard InChI is InChI=1S/C16H21Cl2NO3/c17-12-2-3-15(14(18)8-12)21-10-13(20)9-19-6-7-22-16(11-19)4-1-5-16/h2-3,8,13,20H,1,4-7,9-11H2. The van der Waals surface area contributed by atoms with Gasteiger partial charge in [0.05, 0.1) is 17.2 Å². The van der Waals surface area contributed by atoms with E-state index in [0.717, 1.165) is 32.5 Å². The molecule has 2 fully saturated rings. The summed E-state index contributed by atoms with van der Waals surface area (Å²) in [6.45, 7) is 3.32. The number of hydrogen-bond donors (Lipinski definition) is 1. The number of rotatable bonds is 5. The summed E-state index contributed by atoms with van der Waals surface area (Å²) >= 11 is 11.9. The summed E-state index contributed by atoms with van der Waals surface area (Å²) in [6, 6.07) is 5.07. The van der Waals surface area contributed by atoms with Crippen molar-refractivity contribution in [1.82, 2.24) is 4.90 Å². The average molecular weight is 346 g/mol. The Labute approximate surface area is 140 Å². The highest BCUT2D eigenvalue weighted by Crippen LogP contribution is 2.38. The lowest BCUT2D eigenvalue weighted by Gasteiger charge is -2.48. The highest BCUT2D eigenvalue weighted by Gasteiger charge is 2.42. The van der Waals surface area contributed by atoms with Crippen molar-refractivity contribution in [2.24, 2.45) is 0 Å². The first-order chi connectivity index (χ1) is 10.6. The summed E-state index contributed by atoms with van der Waals surface area (Å²) in [4.78, 5) is 2.26. The molecule has 1 aliphatic carbocycles. The Morgan fingerprint density at radius 3 is 2.86 bits per heavy atom. The number of aliphatic hydroxyl groups excluding tert-OH is 1. The minimum Gasteiger partial charge on any atom is -0.489 e. The van der Waals surface area contributed by atoms with Crippen molar-refractivity contribution in [2.75, 3.05) is 32.8 Å². The van der Waals surface area contributed by atoms with Crippen LogP contribution in [0.5, 0.6) is 5.75 Å². The van der Waals surface area contributed by atoms with Gasteiger partial charge >= 0.3 is 0 Å². The molecule has 122 valence electrons. The fraction of sp³-hybridized carbons (Fsp3) is 0.625. The second-order valence-corrected chi connectivity index (χ2v) is 7.00. The molecule has 1 atom stereocenters. The molecule has 4 nitrogen and oxygen atoms in total. The van der Waals surface area contributed by atoms with Crippen molar-refractivity contribution in [2.45, 2.75) is 31.0 Å². The van der Waals surface area contributed by atoms with Gasteiger partial charge in [0, 0.05) is 24.7 Å². The SMILES string of the molecule is OC(COc1ccc(Cl)cc1Cl)CN1CCOC2(CCC2)C1. The minimum absolute atomic E-state index is 0.0539. The van der Waals surface area contributed by atoms with E-state index >= 15 is 0 Å². The Bertz CT molecular complexity index is 522. The van der Waals surface area contributed by atoms with Crippen LogP contribution in [0.15, 0.2) is 18.2 Å². The summed E-state index contributed by atoms with van der Waals surface area (Å²) in [5.74, 6) is 0.544. The van der Waals surface area contributed by atoms with Crippen LogP contribution in [0.3, 0.4) is 0 Å². The molecule has 22 heavy (non-hydrogen) atoms. The van der Waals surface area contributed by atoms with Crippen LogP contribution >= 0.6 is 23.2 Å². The number of ether oxygens (including phenoxy) is 2. The molecule has 2 aliphatic rings. The molecule has 6 heteroatoms. The number of aliphatic hydroxyl groups is 1. The third kappa shape index (κ3) is 3.87. The zero-order valence-electron chi connectivity index (χ0n) is 12.4. The number of hydrogen-bond acceptors (Lipinski definition) is 4. The van der Waals surface area contributed by atoms with Gasteiger partial charge in [-0.2, -0.15) is 0 Å². The number of benzene rings is 1. The van der Waals surface area contributed by atoms with Gasteiger partial charge in [-0.25, -0.2) is 0 Å². The van der Waals surface area contributed by atoms with E-state index in [-0.39, 0.29) is 12.2 Å². The predicted octanol–water partition coefficient (Wildman–Crippen LogP) is 2.99. The van der Waals surface area contributed by atoms with Gasteiger partial charge < -0.3 is 14.6 Å². The van der Waals surface area contributed by atoms with Crippen molar-refractivity contribution in [3.8, 4) is 5.75 Å². The first-order valence-corrected chi connectivity index (χ1v) is 8.44. The molecule has 1 N–H and O–H groups in total. The quantitative estimate of drug-likeness (QED) is 0.890. The second kappa shape index (κ2) is 6.93. The maximum absolute atomic E-state index is 10.2. The molecule has 0 bridgehead atoms. The van der Waals surface area contributed by atoms with E-state index < -0.39 is 6.10 Å². The normalized spacial score (nSPS) is 22.3. The Hall–Kier alpha value is -0.520. The first-order valence-electron chi connectivity index (χ1n) is 7.69. The summed E-state index contributed by atoms with van der Waals surface area (Å²) in [7, 11) is 0. The summed E-state index contributed by atoms with van der Waals surface area (Å²) in [6.07, 6.45) is 2.96. The Morgan fingerprint density at radius 2 is 2.18 bits per heavy atom. The number of nitrogens with zero attached hydrogens (tertiary/aromatic N) is 1. The number of β-amino-alcohol motifs (C(OH)–C–C–N with tert-alkyl or cyclic N) is 1. The second-order valence-electron chi connectivity index (χ2n) is 6.16. The Morgan fingerprint density at radius 1 is 1.36 bits per heavy atom. The van der Waals surface area contributed by atoms with E-state index in [4.69, 9.17) is 32.7 Å². The van der Waals surface area contributed by atoms with Crippen LogP contribution in [-0.2, 0) is 4.74 Å². The fourth-order valence-corrected chi connectivity index (χ4v) is 3.54. The molecule has 1 unspecified atom stereocenters. The molecule has 1 saturated carbocycles. The molecule has 0 amide bonds. The van der Waals surface area contributed by atoms with Crippen LogP contribution in [-0.4, -0.2) is 54.6 Å². The van der Waals surface area contributed by atoms with Gasteiger partial charge in [0.25, 0.3) is 0 Å². The molecule has 1 aromatic carbocycles. The molecule has 3 rings (SSSR count). The van der Waals surface area contributed by atoms with Crippen LogP contribution in [0.2, 0.25) is 10.0 Å². The van der Waals surface area contributed by atoms with E-state index in [1.54, 1.807) is 18.2 Å². The van der Waals surface area contributed by atoms with E-state index in [1.807, 2.05) is 0 Å². The summed E-state index contributed by atoms with van der Waals surface area (Å²) < 4.78 is 11.5. The first kappa shape index (κ1) is 16.3. The van der Waals surface area contributed by atoms with Gasteiger partial charge in [-0.3, -0.25) is 4.90 Å². The molecule has 1 spiro atoms. The van der Waals surface area contributed by atoms with Crippen molar-refractivity contribution in [3.05, 3.63) is 28.2 Å². The van der Waals surface area contributed by atoms with Gasteiger partial charge in [0.15, 0.2) is 0 Å². The largest absolute Gasteiger partial charge is 0.489 e. The monoisotopic (exact) mass is 345 g/mol. The topological polar surface area (TPSA) is 41.9 Å². The van der Waals surface area contributed by atoms with Crippen LogP contribution in [0.25, 0.3) is 0 Å². The predicted molar refractivity (Wildman–Crippen MR) is 86.9 cm³/mol.